The maximum atomic E-state index is 5.54. The van der Waals surface area contributed by atoms with Gasteiger partial charge in [0, 0.05) is 3.57 Å². The molecule has 1 aromatic carbocycles. The molecule has 0 bridgehead atoms. The normalized spacial score (nSPS) is 10.2. The molecule has 0 amide bonds. The van der Waals surface area contributed by atoms with Crippen LogP contribution in [0.3, 0.4) is 0 Å². The van der Waals surface area contributed by atoms with Crippen molar-refractivity contribution in [2.75, 3.05) is 6.61 Å². The zero-order valence-electron chi connectivity index (χ0n) is 8.01. The van der Waals surface area contributed by atoms with Gasteiger partial charge in [-0.2, -0.15) is 5.10 Å². The quantitative estimate of drug-likeness (QED) is 0.810. The van der Waals surface area contributed by atoms with Gasteiger partial charge in [0.15, 0.2) is 0 Å². The Bertz CT molecular complexity index is 399. The fourth-order valence-electron chi connectivity index (χ4n) is 1.14. The minimum absolute atomic E-state index is 0.601. The van der Waals surface area contributed by atoms with E-state index in [-0.39, 0.29) is 0 Å². The molecule has 1 heterocycles. The Morgan fingerprint density at radius 3 is 2.73 bits per heavy atom. The average Bonchev–Trinajstić information content (AvgIpc) is 2.74. The predicted octanol–water partition coefficient (Wildman–Crippen LogP) is 1.96. The van der Waals surface area contributed by atoms with Gasteiger partial charge in [-0.1, -0.05) is 0 Å². The van der Waals surface area contributed by atoms with E-state index in [1.165, 1.54) is 9.90 Å². The third-order valence-electron chi connectivity index (χ3n) is 1.87. The van der Waals surface area contributed by atoms with Gasteiger partial charge in [0.25, 0.3) is 0 Å². The number of nitrogens with zero attached hydrogens (tertiary/aromatic N) is 3. The number of hydrogen-bond donors (Lipinski definition) is 0. The molecular weight excluding hydrogens is 305 g/mol. The van der Waals surface area contributed by atoms with Gasteiger partial charge in [0.05, 0.1) is 6.54 Å². The van der Waals surface area contributed by atoms with Gasteiger partial charge in [-0.25, -0.2) is 9.67 Å². The molecule has 2 aromatic rings. The van der Waals surface area contributed by atoms with E-state index < -0.39 is 0 Å². The minimum atomic E-state index is 0.601. The lowest BCUT2D eigenvalue weighted by atomic mass is 10.3. The van der Waals surface area contributed by atoms with Crippen LogP contribution >= 0.6 is 22.6 Å². The molecule has 0 spiro atoms. The molecule has 0 radical (unpaired) electrons. The van der Waals surface area contributed by atoms with E-state index in [2.05, 4.69) is 32.7 Å². The van der Waals surface area contributed by atoms with Gasteiger partial charge in [0.1, 0.15) is 25.0 Å². The molecule has 0 atom stereocenters. The number of benzene rings is 1. The van der Waals surface area contributed by atoms with E-state index in [9.17, 15) is 0 Å². The smallest absolute Gasteiger partial charge is 0.137 e. The summed E-state index contributed by atoms with van der Waals surface area (Å²) in [7, 11) is 0. The van der Waals surface area contributed by atoms with E-state index in [0.717, 1.165) is 5.75 Å². The second-order valence-corrected chi connectivity index (χ2v) is 4.21. The summed E-state index contributed by atoms with van der Waals surface area (Å²) in [4.78, 5) is 3.85. The van der Waals surface area contributed by atoms with Crippen LogP contribution in [-0.2, 0) is 6.54 Å². The van der Waals surface area contributed by atoms with Gasteiger partial charge in [-0.3, -0.25) is 0 Å². The molecule has 0 fully saturated rings. The molecule has 0 saturated carbocycles. The van der Waals surface area contributed by atoms with Crippen molar-refractivity contribution in [2.24, 2.45) is 0 Å². The Kier molecular flexibility index (Phi) is 3.54. The van der Waals surface area contributed by atoms with Crippen LogP contribution in [0.2, 0.25) is 0 Å². The SMILES string of the molecule is Ic1ccc(OCCn2cncn2)cc1. The Morgan fingerprint density at radius 1 is 1.27 bits per heavy atom. The highest BCUT2D eigenvalue weighted by molar-refractivity contribution is 14.1. The molecule has 0 saturated heterocycles. The lowest BCUT2D eigenvalue weighted by molar-refractivity contribution is 0.291. The highest BCUT2D eigenvalue weighted by Gasteiger charge is 1.94. The Labute approximate surface area is 101 Å². The first-order valence-electron chi connectivity index (χ1n) is 4.55. The van der Waals surface area contributed by atoms with Crippen LogP contribution < -0.4 is 4.74 Å². The number of hydrogen-bond acceptors (Lipinski definition) is 3. The topological polar surface area (TPSA) is 39.9 Å². The molecule has 0 unspecified atom stereocenters. The summed E-state index contributed by atoms with van der Waals surface area (Å²) in [6.45, 7) is 1.32. The first-order valence-corrected chi connectivity index (χ1v) is 5.63. The lowest BCUT2D eigenvalue weighted by Crippen LogP contribution is -2.08. The van der Waals surface area contributed by atoms with Gasteiger partial charge in [-0.05, 0) is 46.9 Å². The van der Waals surface area contributed by atoms with Crippen molar-refractivity contribution in [3.63, 3.8) is 0 Å². The van der Waals surface area contributed by atoms with Crippen LogP contribution in [-0.4, -0.2) is 21.4 Å². The van der Waals surface area contributed by atoms with E-state index in [0.29, 0.717) is 13.2 Å². The fourth-order valence-corrected chi connectivity index (χ4v) is 1.50. The van der Waals surface area contributed by atoms with Crippen molar-refractivity contribution in [3.8, 4) is 5.75 Å². The highest BCUT2D eigenvalue weighted by Crippen LogP contribution is 2.13. The second-order valence-electron chi connectivity index (χ2n) is 2.96. The largest absolute Gasteiger partial charge is 0.492 e. The summed E-state index contributed by atoms with van der Waals surface area (Å²) in [5.41, 5.74) is 0. The maximum absolute atomic E-state index is 5.54. The first kappa shape index (κ1) is 10.4. The lowest BCUT2D eigenvalue weighted by Gasteiger charge is -2.05. The van der Waals surface area contributed by atoms with Gasteiger partial charge >= 0.3 is 0 Å². The van der Waals surface area contributed by atoms with Crippen LogP contribution in [0.1, 0.15) is 0 Å². The zero-order valence-corrected chi connectivity index (χ0v) is 10.2. The number of rotatable bonds is 4. The van der Waals surface area contributed by atoms with Crippen molar-refractivity contribution in [1.29, 1.82) is 0 Å². The first-order chi connectivity index (χ1) is 7.34. The van der Waals surface area contributed by atoms with E-state index in [4.69, 9.17) is 4.74 Å². The summed E-state index contributed by atoms with van der Waals surface area (Å²) in [6, 6.07) is 7.96. The molecule has 78 valence electrons. The highest BCUT2D eigenvalue weighted by atomic mass is 127. The third-order valence-corrected chi connectivity index (χ3v) is 2.59. The van der Waals surface area contributed by atoms with Crippen molar-refractivity contribution >= 4 is 22.6 Å². The third kappa shape index (κ3) is 3.19. The molecule has 0 aliphatic rings. The minimum Gasteiger partial charge on any atom is -0.492 e. The van der Waals surface area contributed by atoms with Crippen LogP contribution in [0.4, 0.5) is 0 Å². The van der Waals surface area contributed by atoms with E-state index in [1.807, 2.05) is 24.3 Å². The Hall–Kier alpha value is -1.11. The Morgan fingerprint density at radius 2 is 2.07 bits per heavy atom. The van der Waals surface area contributed by atoms with Crippen molar-refractivity contribution < 1.29 is 4.74 Å². The van der Waals surface area contributed by atoms with Gasteiger partial charge in [0.2, 0.25) is 0 Å². The number of ether oxygens (including phenoxy) is 1. The molecule has 1 aromatic heterocycles. The van der Waals surface area contributed by atoms with Crippen molar-refractivity contribution in [1.82, 2.24) is 14.8 Å². The summed E-state index contributed by atoms with van der Waals surface area (Å²) in [6.07, 6.45) is 3.20. The van der Waals surface area contributed by atoms with E-state index in [1.54, 1.807) is 11.0 Å². The second kappa shape index (κ2) is 5.11. The molecule has 0 aliphatic carbocycles. The predicted molar refractivity (Wildman–Crippen MR) is 64.7 cm³/mol. The zero-order chi connectivity index (χ0) is 10.5. The standard InChI is InChI=1S/C10H10IN3O/c11-9-1-3-10(4-2-9)15-6-5-14-8-12-7-13-14/h1-4,7-8H,5-6H2. The summed E-state index contributed by atoms with van der Waals surface area (Å²) in [5, 5.41) is 3.99. The fraction of sp³-hybridized carbons (Fsp3) is 0.200. The van der Waals surface area contributed by atoms with Crippen LogP contribution in [0, 0.1) is 3.57 Å². The van der Waals surface area contributed by atoms with Gasteiger partial charge < -0.3 is 4.74 Å². The van der Waals surface area contributed by atoms with Crippen molar-refractivity contribution in [3.05, 3.63) is 40.5 Å². The Balaban J connectivity index is 1.81. The van der Waals surface area contributed by atoms with Crippen LogP contribution in [0.15, 0.2) is 36.9 Å². The monoisotopic (exact) mass is 315 g/mol. The summed E-state index contributed by atoms with van der Waals surface area (Å²) < 4.78 is 8.49. The molecule has 5 heteroatoms. The summed E-state index contributed by atoms with van der Waals surface area (Å²) >= 11 is 2.26. The van der Waals surface area contributed by atoms with Crippen LogP contribution in [0.25, 0.3) is 0 Å². The molecule has 4 nitrogen and oxygen atoms in total. The molecule has 15 heavy (non-hydrogen) atoms. The van der Waals surface area contributed by atoms with E-state index >= 15 is 0 Å². The number of aromatic nitrogens is 3. The molecule has 0 N–H and O–H groups in total. The summed E-state index contributed by atoms with van der Waals surface area (Å²) in [5.74, 6) is 0.885. The van der Waals surface area contributed by atoms with Gasteiger partial charge in [-0.15, -0.1) is 0 Å². The maximum Gasteiger partial charge on any atom is 0.137 e. The molecule has 2 rings (SSSR count). The number of halogens is 1. The molecular formula is C10H10IN3O. The van der Waals surface area contributed by atoms with Crippen LogP contribution in [0.5, 0.6) is 5.75 Å². The van der Waals surface area contributed by atoms with Crippen molar-refractivity contribution in [2.45, 2.75) is 6.54 Å². The molecule has 0 aliphatic heterocycles. The average molecular weight is 315 g/mol.